The normalized spacial score (nSPS) is 18.6. The van der Waals surface area contributed by atoms with E-state index in [0.29, 0.717) is 4.08 Å². The minimum atomic E-state index is 0.444. The van der Waals surface area contributed by atoms with Gasteiger partial charge >= 0.3 is 0 Å². The van der Waals surface area contributed by atoms with Crippen molar-refractivity contribution < 1.29 is 4.74 Å². The van der Waals surface area contributed by atoms with Crippen LogP contribution < -0.4 is 4.74 Å². The molecule has 0 amide bonds. The molecule has 0 unspecified atom stereocenters. The molecule has 1 aliphatic rings. The van der Waals surface area contributed by atoms with Crippen LogP contribution in [0.15, 0.2) is 24.3 Å². The maximum absolute atomic E-state index is 5.16. The van der Waals surface area contributed by atoms with Crippen molar-refractivity contribution in [3.63, 3.8) is 0 Å². The van der Waals surface area contributed by atoms with Crippen molar-refractivity contribution >= 4 is 23.5 Å². The van der Waals surface area contributed by atoms with E-state index in [1.165, 1.54) is 29.9 Å². The zero-order valence-electron chi connectivity index (χ0n) is 9.86. The fourth-order valence-electron chi connectivity index (χ4n) is 1.86. The lowest BCUT2D eigenvalue weighted by Crippen LogP contribution is -2.12. The Labute approximate surface area is 106 Å². The average Bonchev–Trinajstić information content (AvgIpc) is 2.75. The summed E-state index contributed by atoms with van der Waals surface area (Å²) in [5, 5.41) is 0. The van der Waals surface area contributed by atoms with Crippen LogP contribution in [0.2, 0.25) is 0 Å². The van der Waals surface area contributed by atoms with Crippen molar-refractivity contribution in [2.75, 3.05) is 18.6 Å². The predicted molar refractivity (Wildman–Crippen MR) is 74.6 cm³/mol. The summed E-state index contributed by atoms with van der Waals surface area (Å²) in [7, 11) is 1.71. The Morgan fingerprint density at radius 2 is 1.81 bits per heavy atom. The highest BCUT2D eigenvalue weighted by molar-refractivity contribution is 8.21. The molecule has 2 rings (SSSR count). The Balaban J connectivity index is 1.89. The van der Waals surface area contributed by atoms with E-state index in [4.69, 9.17) is 4.74 Å². The molecule has 0 N–H and O–H groups in total. The predicted octanol–water partition coefficient (Wildman–Crippen LogP) is 3.82. The molecule has 1 aromatic rings. The van der Waals surface area contributed by atoms with Crippen LogP contribution in [0.1, 0.15) is 18.9 Å². The van der Waals surface area contributed by atoms with Gasteiger partial charge in [0, 0.05) is 11.5 Å². The van der Waals surface area contributed by atoms with E-state index in [-0.39, 0.29) is 0 Å². The second kappa shape index (κ2) is 5.37. The minimum absolute atomic E-state index is 0.444. The molecular weight excluding hydrogens is 236 g/mol. The zero-order chi connectivity index (χ0) is 11.4. The molecule has 1 heterocycles. The summed E-state index contributed by atoms with van der Waals surface area (Å²) in [5.74, 6) is 3.56. The monoisotopic (exact) mass is 254 g/mol. The van der Waals surface area contributed by atoms with E-state index < -0.39 is 0 Å². The third-order valence-electron chi connectivity index (χ3n) is 2.92. The molecule has 1 nitrogen and oxygen atoms in total. The van der Waals surface area contributed by atoms with Gasteiger partial charge in [-0.1, -0.05) is 12.1 Å². The lowest BCUT2D eigenvalue weighted by atomic mass is 10.1. The quantitative estimate of drug-likeness (QED) is 0.808. The molecule has 0 aromatic heterocycles. The summed E-state index contributed by atoms with van der Waals surface area (Å²) in [6, 6.07) is 8.44. The number of ether oxygens (including phenoxy) is 1. The molecule has 1 aliphatic heterocycles. The number of benzene rings is 1. The van der Waals surface area contributed by atoms with Crippen LogP contribution in [-0.4, -0.2) is 22.7 Å². The van der Waals surface area contributed by atoms with Gasteiger partial charge in [0.25, 0.3) is 0 Å². The molecule has 0 spiro atoms. The molecule has 0 saturated carbocycles. The van der Waals surface area contributed by atoms with Crippen molar-refractivity contribution in [2.24, 2.45) is 0 Å². The molecule has 1 saturated heterocycles. The second-order valence-electron chi connectivity index (χ2n) is 4.18. The van der Waals surface area contributed by atoms with Gasteiger partial charge in [0.15, 0.2) is 0 Å². The maximum Gasteiger partial charge on any atom is 0.118 e. The third kappa shape index (κ3) is 3.11. The molecule has 16 heavy (non-hydrogen) atoms. The highest BCUT2D eigenvalue weighted by Gasteiger charge is 2.29. The second-order valence-corrected chi connectivity index (χ2v) is 7.63. The van der Waals surface area contributed by atoms with Gasteiger partial charge in [0.1, 0.15) is 5.75 Å². The number of methoxy groups -OCH3 is 1. The van der Waals surface area contributed by atoms with Gasteiger partial charge in [-0.25, -0.2) is 0 Å². The van der Waals surface area contributed by atoms with Crippen molar-refractivity contribution in [3.05, 3.63) is 29.8 Å². The Morgan fingerprint density at radius 1 is 1.19 bits per heavy atom. The van der Waals surface area contributed by atoms with Crippen molar-refractivity contribution in [2.45, 2.75) is 23.8 Å². The lowest BCUT2D eigenvalue weighted by Gasteiger charge is -2.21. The molecular formula is C13H18OS2. The number of hydrogen-bond donors (Lipinski definition) is 0. The zero-order valence-corrected chi connectivity index (χ0v) is 11.5. The van der Waals surface area contributed by atoms with E-state index in [2.05, 4.69) is 42.6 Å². The van der Waals surface area contributed by atoms with Crippen LogP contribution >= 0.6 is 23.5 Å². The number of thioether (sulfide) groups is 2. The minimum Gasteiger partial charge on any atom is -0.497 e. The Hall–Kier alpha value is -0.280. The molecule has 0 bridgehead atoms. The summed E-state index contributed by atoms with van der Waals surface area (Å²) in [6.07, 6.45) is 2.43. The van der Waals surface area contributed by atoms with Crippen molar-refractivity contribution in [3.8, 4) is 5.75 Å². The van der Waals surface area contributed by atoms with Gasteiger partial charge in [0.2, 0.25) is 0 Å². The number of aryl methyl sites for hydroxylation is 1. The van der Waals surface area contributed by atoms with Gasteiger partial charge in [-0.3, -0.25) is 0 Å². The van der Waals surface area contributed by atoms with Crippen LogP contribution in [0.5, 0.6) is 5.75 Å². The molecule has 88 valence electrons. The van der Waals surface area contributed by atoms with Gasteiger partial charge < -0.3 is 4.74 Å². The van der Waals surface area contributed by atoms with Crippen LogP contribution in [0, 0.1) is 0 Å². The number of hydrogen-bond acceptors (Lipinski definition) is 3. The fourth-order valence-corrected chi connectivity index (χ4v) is 4.72. The first kappa shape index (κ1) is 12.2. The first-order valence-corrected chi connectivity index (χ1v) is 7.60. The number of rotatable bonds is 4. The van der Waals surface area contributed by atoms with E-state index in [9.17, 15) is 0 Å². The largest absolute Gasteiger partial charge is 0.497 e. The highest BCUT2D eigenvalue weighted by atomic mass is 32.2. The average molecular weight is 254 g/mol. The van der Waals surface area contributed by atoms with Crippen LogP contribution in [0.4, 0.5) is 0 Å². The molecule has 0 aliphatic carbocycles. The summed E-state index contributed by atoms with van der Waals surface area (Å²) in [4.78, 5) is 0. The molecule has 1 aromatic carbocycles. The van der Waals surface area contributed by atoms with Crippen molar-refractivity contribution in [1.29, 1.82) is 0 Å². The van der Waals surface area contributed by atoms with Crippen LogP contribution in [0.3, 0.4) is 0 Å². The van der Waals surface area contributed by atoms with Gasteiger partial charge in [-0.15, -0.1) is 23.5 Å². The molecule has 0 atom stereocenters. The van der Waals surface area contributed by atoms with Crippen molar-refractivity contribution in [1.82, 2.24) is 0 Å². The Kier molecular flexibility index (Phi) is 4.09. The van der Waals surface area contributed by atoms with E-state index in [1.54, 1.807) is 7.11 Å². The molecule has 0 radical (unpaired) electrons. The van der Waals surface area contributed by atoms with E-state index in [1.807, 2.05) is 12.1 Å². The molecule has 3 heteroatoms. The van der Waals surface area contributed by atoms with Gasteiger partial charge in [-0.2, -0.15) is 0 Å². The third-order valence-corrected chi connectivity index (χ3v) is 6.34. The summed E-state index contributed by atoms with van der Waals surface area (Å²) < 4.78 is 5.60. The topological polar surface area (TPSA) is 9.23 Å². The Morgan fingerprint density at radius 3 is 2.38 bits per heavy atom. The maximum atomic E-state index is 5.16. The highest BCUT2D eigenvalue weighted by Crippen LogP contribution is 2.46. The standard InChI is InChI=1S/C13H18OS2/c1-13(15-9-10-16-13)8-7-11-3-5-12(14-2)6-4-11/h3-6H,7-10H2,1-2H3. The Bertz CT molecular complexity index is 328. The van der Waals surface area contributed by atoms with E-state index in [0.717, 1.165) is 5.75 Å². The van der Waals surface area contributed by atoms with E-state index >= 15 is 0 Å². The lowest BCUT2D eigenvalue weighted by molar-refractivity contribution is 0.414. The molecule has 1 fully saturated rings. The first-order chi connectivity index (χ1) is 7.72. The van der Waals surface area contributed by atoms with Crippen LogP contribution in [0.25, 0.3) is 0 Å². The summed E-state index contributed by atoms with van der Waals surface area (Å²) >= 11 is 4.22. The fraction of sp³-hybridized carbons (Fsp3) is 0.538. The first-order valence-electron chi connectivity index (χ1n) is 5.63. The van der Waals surface area contributed by atoms with Gasteiger partial charge in [0.05, 0.1) is 11.2 Å². The summed E-state index contributed by atoms with van der Waals surface area (Å²) in [5.41, 5.74) is 1.41. The van der Waals surface area contributed by atoms with Crippen LogP contribution in [-0.2, 0) is 6.42 Å². The SMILES string of the molecule is COc1ccc(CCC2(C)SCCS2)cc1. The van der Waals surface area contributed by atoms with Gasteiger partial charge in [-0.05, 0) is 37.5 Å². The smallest absolute Gasteiger partial charge is 0.118 e. The summed E-state index contributed by atoms with van der Waals surface area (Å²) in [6.45, 7) is 2.37.